The minimum Gasteiger partial charge on any atom is -0.353 e. The van der Waals surface area contributed by atoms with Crippen LogP contribution in [0.2, 0.25) is 0 Å². The van der Waals surface area contributed by atoms with Crippen molar-refractivity contribution in [1.82, 2.24) is 20.1 Å². The highest BCUT2D eigenvalue weighted by atomic mass is 32.2. The van der Waals surface area contributed by atoms with Gasteiger partial charge in [0.05, 0.1) is 19.8 Å². The molecule has 1 amide bonds. The SMILES string of the molecule is CCCCn1c(SCC(=O)NC2CCCCC2)nnc1[C@@H](CC)[NH+](C)C. The molecular formula is C19H36N5OS+. The van der Waals surface area contributed by atoms with Crippen LogP contribution < -0.4 is 10.2 Å². The van der Waals surface area contributed by atoms with Gasteiger partial charge in [-0.25, -0.2) is 0 Å². The molecule has 1 aliphatic carbocycles. The van der Waals surface area contributed by atoms with E-state index < -0.39 is 0 Å². The summed E-state index contributed by atoms with van der Waals surface area (Å²) in [6, 6.07) is 0.706. The number of nitrogens with one attached hydrogen (secondary N) is 2. The van der Waals surface area contributed by atoms with Crippen LogP contribution in [0.3, 0.4) is 0 Å². The summed E-state index contributed by atoms with van der Waals surface area (Å²) >= 11 is 1.52. The number of unbranched alkanes of at least 4 members (excludes halogenated alkanes) is 1. The van der Waals surface area contributed by atoms with Gasteiger partial charge < -0.3 is 14.8 Å². The molecule has 1 aliphatic rings. The summed E-state index contributed by atoms with van der Waals surface area (Å²) in [5.41, 5.74) is 0. The van der Waals surface area contributed by atoms with E-state index in [4.69, 9.17) is 0 Å². The first-order valence-electron chi connectivity index (χ1n) is 10.2. The second-order valence-electron chi connectivity index (χ2n) is 7.58. The lowest BCUT2D eigenvalue weighted by molar-refractivity contribution is -0.893. The zero-order valence-corrected chi connectivity index (χ0v) is 17.7. The number of carbonyl (C=O) groups excluding carboxylic acids is 1. The van der Waals surface area contributed by atoms with Crippen LogP contribution in [0, 0.1) is 0 Å². The van der Waals surface area contributed by atoms with Crippen LogP contribution in [-0.2, 0) is 11.3 Å². The minimum atomic E-state index is 0.124. The van der Waals surface area contributed by atoms with E-state index in [1.165, 1.54) is 35.9 Å². The largest absolute Gasteiger partial charge is 0.353 e. The summed E-state index contributed by atoms with van der Waals surface area (Å²) in [5.74, 6) is 1.60. The van der Waals surface area contributed by atoms with E-state index in [1.54, 1.807) is 0 Å². The first-order valence-corrected chi connectivity index (χ1v) is 11.2. The summed E-state index contributed by atoms with van der Waals surface area (Å²) in [6.07, 6.45) is 9.28. The normalized spacial score (nSPS) is 16.8. The van der Waals surface area contributed by atoms with E-state index in [1.807, 2.05) is 0 Å². The maximum absolute atomic E-state index is 12.3. The molecule has 0 aliphatic heterocycles. The molecule has 7 heteroatoms. The summed E-state index contributed by atoms with van der Waals surface area (Å²) in [4.78, 5) is 13.7. The first-order chi connectivity index (χ1) is 12.6. The second kappa shape index (κ2) is 10.9. The Kier molecular flexibility index (Phi) is 8.91. The van der Waals surface area contributed by atoms with Crippen LogP contribution in [0.1, 0.15) is 77.1 Å². The maximum atomic E-state index is 12.3. The Labute approximate surface area is 162 Å². The third-order valence-electron chi connectivity index (χ3n) is 5.20. The third-order valence-corrected chi connectivity index (χ3v) is 6.17. The number of nitrogens with zero attached hydrogens (tertiary/aromatic N) is 3. The molecule has 0 radical (unpaired) electrons. The molecule has 148 valence electrons. The van der Waals surface area contributed by atoms with Gasteiger partial charge in [0.25, 0.3) is 0 Å². The zero-order valence-electron chi connectivity index (χ0n) is 16.9. The van der Waals surface area contributed by atoms with Crippen molar-refractivity contribution in [2.24, 2.45) is 0 Å². The van der Waals surface area contributed by atoms with Crippen molar-refractivity contribution < 1.29 is 9.69 Å². The Morgan fingerprint density at radius 2 is 2.00 bits per heavy atom. The van der Waals surface area contributed by atoms with Crippen molar-refractivity contribution in [2.45, 2.75) is 89.0 Å². The lowest BCUT2D eigenvalue weighted by Gasteiger charge is -2.22. The summed E-state index contributed by atoms with van der Waals surface area (Å²) < 4.78 is 2.24. The van der Waals surface area contributed by atoms with Gasteiger partial charge in [-0.2, -0.15) is 0 Å². The third kappa shape index (κ3) is 5.98. The monoisotopic (exact) mass is 382 g/mol. The number of amides is 1. The molecule has 0 saturated heterocycles. The molecule has 1 aromatic heterocycles. The zero-order chi connectivity index (χ0) is 18.9. The van der Waals surface area contributed by atoms with E-state index in [2.05, 4.69) is 48.0 Å². The van der Waals surface area contributed by atoms with Crippen molar-refractivity contribution in [3.8, 4) is 0 Å². The van der Waals surface area contributed by atoms with Crippen molar-refractivity contribution in [1.29, 1.82) is 0 Å². The Morgan fingerprint density at radius 1 is 1.27 bits per heavy atom. The molecule has 1 fully saturated rings. The van der Waals surface area contributed by atoms with Crippen molar-refractivity contribution in [3.05, 3.63) is 5.82 Å². The van der Waals surface area contributed by atoms with E-state index >= 15 is 0 Å². The van der Waals surface area contributed by atoms with Crippen LogP contribution in [0.15, 0.2) is 5.16 Å². The van der Waals surface area contributed by atoms with Gasteiger partial charge in [-0.3, -0.25) is 4.79 Å². The lowest BCUT2D eigenvalue weighted by atomic mass is 9.95. The standard InChI is InChI=1S/C19H35N5OS/c1-5-7-13-24-18(16(6-2)23(3)4)21-22-19(24)26-14-17(25)20-15-11-9-8-10-12-15/h15-16H,5-14H2,1-4H3,(H,20,25)/p+1/t16-/m1/s1. The van der Waals surface area contributed by atoms with Gasteiger partial charge in [-0.1, -0.05) is 51.3 Å². The minimum absolute atomic E-state index is 0.124. The molecule has 1 heterocycles. The van der Waals surface area contributed by atoms with Crippen LogP contribution in [0.4, 0.5) is 0 Å². The van der Waals surface area contributed by atoms with Gasteiger partial charge >= 0.3 is 0 Å². The molecule has 26 heavy (non-hydrogen) atoms. The number of thioether (sulfide) groups is 1. The first kappa shape index (κ1) is 21.2. The fraction of sp³-hybridized carbons (Fsp3) is 0.842. The average Bonchev–Trinajstić information content (AvgIpc) is 3.02. The molecule has 0 unspecified atom stereocenters. The molecular weight excluding hydrogens is 346 g/mol. The molecule has 0 aromatic carbocycles. The van der Waals surface area contributed by atoms with E-state index in [0.717, 1.165) is 49.6 Å². The number of quaternary nitrogens is 1. The van der Waals surface area contributed by atoms with E-state index in [-0.39, 0.29) is 5.91 Å². The molecule has 0 spiro atoms. The lowest BCUT2D eigenvalue weighted by Crippen LogP contribution is -3.06. The Hall–Kier alpha value is -1.08. The predicted molar refractivity (Wildman–Crippen MR) is 107 cm³/mol. The fourth-order valence-corrected chi connectivity index (χ4v) is 4.47. The molecule has 2 rings (SSSR count). The van der Waals surface area contributed by atoms with Gasteiger partial charge in [0.1, 0.15) is 6.04 Å². The van der Waals surface area contributed by atoms with Gasteiger partial charge in [-0.05, 0) is 19.3 Å². The van der Waals surface area contributed by atoms with Gasteiger partial charge in [0.2, 0.25) is 5.91 Å². The van der Waals surface area contributed by atoms with Crippen molar-refractivity contribution in [2.75, 3.05) is 19.8 Å². The molecule has 1 aromatic rings. The Morgan fingerprint density at radius 3 is 2.62 bits per heavy atom. The quantitative estimate of drug-likeness (QED) is 0.609. The van der Waals surface area contributed by atoms with Gasteiger partial charge in [0, 0.05) is 19.0 Å². The number of aromatic nitrogens is 3. The highest BCUT2D eigenvalue weighted by Gasteiger charge is 2.25. The van der Waals surface area contributed by atoms with Crippen molar-refractivity contribution >= 4 is 17.7 Å². The van der Waals surface area contributed by atoms with Crippen LogP contribution in [0.5, 0.6) is 0 Å². The molecule has 2 N–H and O–H groups in total. The Balaban J connectivity index is 2.00. The Bertz CT molecular complexity index is 554. The molecule has 6 nitrogen and oxygen atoms in total. The van der Waals surface area contributed by atoms with Crippen LogP contribution in [-0.4, -0.2) is 46.6 Å². The van der Waals surface area contributed by atoms with E-state index in [9.17, 15) is 4.79 Å². The summed E-state index contributed by atoms with van der Waals surface area (Å²) in [5, 5.41) is 13.0. The average molecular weight is 383 g/mol. The number of hydrogen-bond donors (Lipinski definition) is 2. The number of rotatable bonds is 10. The molecule has 1 saturated carbocycles. The van der Waals surface area contributed by atoms with Gasteiger partial charge in [-0.15, -0.1) is 10.2 Å². The van der Waals surface area contributed by atoms with Crippen molar-refractivity contribution in [3.63, 3.8) is 0 Å². The second-order valence-corrected chi connectivity index (χ2v) is 8.52. The molecule has 1 atom stereocenters. The van der Waals surface area contributed by atoms with E-state index in [0.29, 0.717) is 17.8 Å². The maximum Gasteiger partial charge on any atom is 0.230 e. The smallest absolute Gasteiger partial charge is 0.230 e. The fourth-order valence-electron chi connectivity index (χ4n) is 3.69. The number of carbonyl (C=O) groups is 1. The highest BCUT2D eigenvalue weighted by Crippen LogP contribution is 2.22. The summed E-state index contributed by atoms with van der Waals surface area (Å²) in [6.45, 7) is 5.32. The number of hydrogen-bond acceptors (Lipinski definition) is 4. The molecule has 0 bridgehead atoms. The summed E-state index contributed by atoms with van der Waals surface area (Å²) in [7, 11) is 4.33. The highest BCUT2D eigenvalue weighted by molar-refractivity contribution is 7.99. The predicted octanol–water partition coefficient (Wildman–Crippen LogP) is 2.21. The van der Waals surface area contributed by atoms with Crippen LogP contribution in [0.25, 0.3) is 0 Å². The van der Waals surface area contributed by atoms with Gasteiger partial charge in [0.15, 0.2) is 11.0 Å². The van der Waals surface area contributed by atoms with Crippen LogP contribution >= 0.6 is 11.8 Å². The topological polar surface area (TPSA) is 64.2 Å².